The van der Waals surface area contributed by atoms with Gasteiger partial charge in [-0.1, -0.05) is 12.1 Å². The molecule has 10 heteroatoms. The van der Waals surface area contributed by atoms with E-state index in [0.717, 1.165) is 26.2 Å². The molecule has 1 aromatic heterocycles. The molecule has 0 bridgehead atoms. The summed E-state index contributed by atoms with van der Waals surface area (Å²) >= 11 is 0. The fraction of sp³-hybridized carbons (Fsp3) is 0.346. The Hall–Kier alpha value is -3.73. The summed E-state index contributed by atoms with van der Waals surface area (Å²) in [4.78, 5) is 34.0. The maximum absolute atomic E-state index is 13.9. The predicted molar refractivity (Wildman–Crippen MR) is 140 cm³/mol. The van der Waals surface area contributed by atoms with Gasteiger partial charge < -0.3 is 20.8 Å². The van der Waals surface area contributed by atoms with Crippen LogP contribution >= 0.6 is 0 Å². The van der Waals surface area contributed by atoms with E-state index >= 15 is 0 Å². The van der Waals surface area contributed by atoms with Crippen molar-refractivity contribution in [3.8, 4) is 11.4 Å². The number of ketones is 1. The van der Waals surface area contributed by atoms with Gasteiger partial charge in [0.2, 0.25) is 0 Å². The summed E-state index contributed by atoms with van der Waals surface area (Å²) in [6.45, 7) is 7.67. The normalized spacial score (nSPS) is 14.6. The lowest BCUT2D eigenvalue weighted by molar-refractivity contribution is 0.0956. The zero-order chi connectivity index (χ0) is 25.7. The van der Waals surface area contributed by atoms with Crippen molar-refractivity contribution < 1.29 is 9.53 Å². The number of benzene rings is 2. The number of nitrogens with two attached hydrogens (primary N) is 2. The van der Waals surface area contributed by atoms with Crippen LogP contribution in [0, 0.1) is 0 Å². The minimum atomic E-state index is -0.224. The van der Waals surface area contributed by atoms with Crippen LogP contribution in [0.2, 0.25) is 0 Å². The maximum atomic E-state index is 13.9. The zero-order valence-electron chi connectivity index (χ0n) is 20.7. The fourth-order valence-corrected chi connectivity index (χ4v) is 4.24. The molecule has 0 amide bonds. The highest BCUT2D eigenvalue weighted by atomic mass is 16.5. The first-order chi connectivity index (χ1) is 17.4. The summed E-state index contributed by atoms with van der Waals surface area (Å²) in [7, 11) is 0. The lowest BCUT2D eigenvalue weighted by atomic mass is 10.1. The molecule has 3 aromatic rings. The molecule has 2 aromatic carbocycles. The quantitative estimate of drug-likeness (QED) is 0.231. The van der Waals surface area contributed by atoms with E-state index in [1.54, 1.807) is 28.8 Å². The first-order valence-corrected chi connectivity index (χ1v) is 12.0. The highest BCUT2D eigenvalue weighted by molar-refractivity contribution is 5.98. The van der Waals surface area contributed by atoms with Crippen molar-refractivity contribution in [2.24, 2.45) is 11.6 Å². The van der Waals surface area contributed by atoms with Crippen LogP contribution in [-0.2, 0) is 6.54 Å². The topological polar surface area (TPSA) is 132 Å². The largest absolute Gasteiger partial charge is 0.489 e. The number of aromatic nitrogens is 2. The van der Waals surface area contributed by atoms with Crippen molar-refractivity contribution in [2.45, 2.75) is 26.5 Å². The fourth-order valence-electron chi connectivity index (χ4n) is 4.24. The van der Waals surface area contributed by atoms with Gasteiger partial charge in [-0.15, -0.1) is 0 Å². The number of piperazine rings is 1. The third-order valence-electron chi connectivity index (χ3n) is 5.91. The summed E-state index contributed by atoms with van der Waals surface area (Å²) in [6.07, 6.45) is 2.54. The van der Waals surface area contributed by atoms with E-state index in [9.17, 15) is 9.59 Å². The SMILES string of the molecule is CC(C)Oc1ccc(C(=O)CN(N)/C=C\N)cc1-n1c(CN2CCNCC2)nc2ccccc2c1=O. The van der Waals surface area contributed by atoms with Crippen molar-refractivity contribution in [1.82, 2.24) is 24.8 Å². The number of hydrazine groups is 1. The summed E-state index contributed by atoms with van der Waals surface area (Å²) in [5.41, 5.74) is 6.68. The number of hydrogen-bond acceptors (Lipinski definition) is 9. The molecule has 10 nitrogen and oxygen atoms in total. The highest BCUT2D eigenvalue weighted by Gasteiger charge is 2.21. The molecule has 5 N–H and O–H groups in total. The molecule has 0 saturated carbocycles. The van der Waals surface area contributed by atoms with E-state index in [1.807, 2.05) is 32.0 Å². The minimum Gasteiger partial charge on any atom is -0.489 e. The second-order valence-electron chi connectivity index (χ2n) is 9.00. The van der Waals surface area contributed by atoms with Crippen LogP contribution in [0.25, 0.3) is 16.6 Å². The number of nitrogens with zero attached hydrogens (tertiary/aromatic N) is 4. The Kier molecular flexibility index (Phi) is 7.99. The van der Waals surface area contributed by atoms with E-state index in [4.69, 9.17) is 21.3 Å². The molecule has 36 heavy (non-hydrogen) atoms. The molecular weight excluding hydrogens is 458 g/mol. The average molecular weight is 492 g/mol. The van der Waals surface area contributed by atoms with Gasteiger partial charge in [-0.2, -0.15) is 0 Å². The predicted octanol–water partition coefficient (Wildman–Crippen LogP) is 1.37. The number of carbonyl (C=O) groups is 1. The van der Waals surface area contributed by atoms with Crippen LogP contribution in [0.4, 0.5) is 0 Å². The van der Waals surface area contributed by atoms with Crippen LogP contribution in [-0.4, -0.2) is 64.1 Å². The molecule has 0 radical (unpaired) electrons. The van der Waals surface area contributed by atoms with Crippen molar-refractivity contribution >= 4 is 16.7 Å². The van der Waals surface area contributed by atoms with E-state index < -0.39 is 0 Å². The maximum Gasteiger partial charge on any atom is 0.266 e. The first kappa shape index (κ1) is 25.4. The van der Waals surface area contributed by atoms with Crippen LogP contribution < -0.4 is 27.2 Å². The Morgan fingerprint density at radius 3 is 2.69 bits per heavy atom. The van der Waals surface area contributed by atoms with E-state index in [0.29, 0.717) is 40.3 Å². The number of hydrogen-bond donors (Lipinski definition) is 3. The van der Waals surface area contributed by atoms with Gasteiger partial charge in [0.15, 0.2) is 5.78 Å². The third-order valence-corrected chi connectivity index (χ3v) is 5.91. The van der Waals surface area contributed by atoms with Crippen molar-refractivity contribution in [1.29, 1.82) is 0 Å². The lowest BCUT2D eigenvalue weighted by Gasteiger charge is -2.28. The molecule has 1 aliphatic rings. The zero-order valence-corrected chi connectivity index (χ0v) is 20.7. The smallest absolute Gasteiger partial charge is 0.266 e. The summed E-state index contributed by atoms with van der Waals surface area (Å²) in [6, 6.07) is 12.4. The van der Waals surface area contributed by atoms with Gasteiger partial charge in [-0.25, -0.2) is 10.8 Å². The summed E-state index contributed by atoms with van der Waals surface area (Å²) < 4.78 is 7.66. The van der Waals surface area contributed by atoms with Crippen LogP contribution in [0.5, 0.6) is 5.75 Å². The van der Waals surface area contributed by atoms with Gasteiger partial charge >= 0.3 is 0 Å². The highest BCUT2D eigenvalue weighted by Crippen LogP contribution is 2.27. The van der Waals surface area contributed by atoms with Gasteiger partial charge in [-0.05, 0) is 44.2 Å². The van der Waals surface area contributed by atoms with Crippen LogP contribution in [0.1, 0.15) is 30.0 Å². The van der Waals surface area contributed by atoms with Crippen LogP contribution in [0.15, 0.2) is 59.7 Å². The molecule has 0 aliphatic carbocycles. The second kappa shape index (κ2) is 11.3. The summed E-state index contributed by atoms with van der Waals surface area (Å²) in [5, 5.41) is 5.05. The molecule has 0 unspecified atom stereocenters. The molecule has 2 heterocycles. The van der Waals surface area contributed by atoms with Crippen molar-refractivity contribution in [2.75, 3.05) is 32.7 Å². The molecule has 1 saturated heterocycles. The Morgan fingerprint density at radius 1 is 1.22 bits per heavy atom. The standard InChI is InChI=1S/C26H33N7O3/c1-18(2)36-24-8-7-19(23(34)16-32(28)12-9-27)15-22(24)33-25(17-31-13-10-29-11-14-31)30-21-6-4-3-5-20(21)26(33)35/h3-9,12,15,18,29H,10-11,13-14,16-17,27-28H2,1-2H3/b12-9-. The number of fused-ring (bicyclic) bond motifs is 1. The molecular formula is C26H33N7O3. The molecule has 190 valence electrons. The number of ether oxygens (including phenoxy) is 1. The number of rotatable bonds is 9. The van der Waals surface area contributed by atoms with Gasteiger partial charge in [-0.3, -0.25) is 19.1 Å². The van der Waals surface area contributed by atoms with Gasteiger partial charge in [0.25, 0.3) is 5.56 Å². The van der Waals surface area contributed by atoms with E-state index in [2.05, 4.69) is 10.2 Å². The van der Waals surface area contributed by atoms with E-state index in [-0.39, 0.29) is 24.0 Å². The molecule has 0 atom stereocenters. The monoisotopic (exact) mass is 491 g/mol. The molecule has 1 fully saturated rings. The van der Waals surface area contributed by atoms with Gasteiger partial charge in [0, 0.05) is 44.1 Å². The molecule has 4 rings (SSSR count). The lowest BCUT2D eigenvalue weighted by Crippen LogP contribution is -2.44. The molecule has 0 spiro atoms. The molecule has 1 aliphatic heterocycles. The van der Waals surface area contributed by atoms with Crippen molar-refractivity contribution in [3.05, 3.63) is 76.6 Å². The number of Topliss-reactive ketones (excluding diaryl/α,β-unsaturated/α-hetero) is 1. The summed E-state index contributed by atoms with van der Waals surface area (Å²) in [5.74, 6) is 6.69. The van der Waals surface area contributed by atoms with E-state index in [1.165, 1.54) is 17.4 Å². The first-order valence-electron chi connectivity index (χ1n) is 12.0. The van der Waals surface area contributed by atoms with Crippen LogP contribution in [0.3, 0.4) is 0 Å². The van der Waals surface area contributed by atoms with Gasteiger partial charge in [0.1, 0.15) is 11.6 Å². The van der Waals surface area contributed by atoms with Crippen molar-refractivity contribution in [3.63, 3.8) is 0 Å². The minimum absolute atomic E-state index is 0.0734. The third kappa shape index (κ3) is 5.73. The van der Waals surface area contributed by atoms with Gasteiger partial charge in [0.05, 0.1) is 35.8 Å². The second-order valence-corrected chi connectivity index (χ2v) is 9.00. The number of para-hydroxylation sites is 1. The Bertz CT molecular complexity index is 1310. The number of nitrogens with one attached hydrogen (secondary N) is 1. The average Bonchev–Trinajstić information content (AvgIpc) is 2.85. The number of carbonyl (C=O) groups excluding carboxylic acids is 1. The Morgan fingerprint density at radius 2 is 1.97 bits per heavy atom. The Labute approximate surface area is 210 Å². The Balaban J connectivity index is 1.88.